The summed E-state index contributed by atoms with van der Waals surface area (Å²) in [5.41, 5.74) is 1.01. The maximum atomic E-state index is 12.0. The molecule has 3 rings (SSSR count). The van der Waals surface area contributed by atoms with Gasteiger partial charge in [-0.3, -0.25) is 4.79 Å². The van der Waals surface area contributed by atoms with Gasteiger partial charge >= 0.3 is 0 Å². The number of benzene rings is 1. The van der Waals surface area contributed by atoms with Crippen LogP contribution in [0.5, 0.6) is 0 Å². The van der Waals surface area contributed by atoms with Crippen LogP contribution in [0.4, 0.5) is 0 Å². The predicted octanol–water partition coefficient (Wildman–Crippen LogP) is 2.65. The number of hydrogen-bond donors (Lipinski definition) is 2. The summed E-state index contributed by atoms with van der Waals surface area (Å²) in [4.78, 5) is 16.6. The van der Waals surface area contributed by atoms with Gasteiger partial charge in [-0.2, -0.15) is 0 Å². The highest BCUT2D eigenvalue weighted by atomic mass is 32.2. The molecule has 0 aliphatic carbocycles. The minimum absolute atomic E-state index is 0.110. The van der Waals surface area contributed by atoms with E-state index in [2.05, 4.69) is 28.6 Å². The van der Waals surface area contributed by atoms with Gasteiger partial charge in [-0.1, -0.05) is 23.9 Å². The molecule has 2 atom stereocenters. The Morgan fingerprint density at radius 3 is 3.19 bits per heavy atom. The van der Waals surface area contributed by atoms with E-state index in [1.807, 2.05) is 18.2 Å². The zero-order valence-electron chi connectivity index (χ0n) is 12.0. The number of aromatic nitrogens is 1. The number of nitrogens with one attached hydrogen (secondary N) is 2. The first-order chi connectivity index (χ1) is 10.2. The molecule has 112 valence electrons. The maximum absolute atomic E-state index is 12.0. The number of amides is 1. The first-order valence-corrected chi connectivity index (χ1v) is 9.02. The van der Waals surface area contributed by atoms with Crippen LogP contribution >= 0.6 is 23.1 Å². The fourth-order valence-electron chi connectivity index (χ4n) is 2.57. The molecule has 0 spiro atoms. The van der Waals surface area contributed by atoms with Gasteiger partial charge < -0.3 is 10.6 Å². The van der Waals surface area contributed by atoms with Gasteiger partial charge in [-0.15, -0.1) is 11.3 Å². The van der Waals surface area contributed by atoms with E-state index < -0.39 is 0 Å². The molecule has 1 aromatic carbocycles. The zero-order valence-corrected chi connectivity index (χ0v) is 13.6. The molecule has 0 bridgehead atoms. The topological polar surface area (TPSA) is 54.0 Å². The number of piperidine rings is 1. The summed E-state index contributed by atoms with van der Waals surface area (Å²) in [6.07, 6.45) is 2.03. The third-order valence-corrected chi connectivity index (χ3v) is 5.77. The highest BCUT2D eigenvalue weighted by Crippen LogP contribution is 2.29. The maximum Gasteiger partial charge on any atom is 0.230 e. The van der Waals surface area contributed by atoms with Gasteiger partial charge in [0.15, 0.2) is 4.34 Å². The van der Waals surface area contributed by atoms with E-state index in [0.717, 1.165) is 29.2 Å². The van der Waals surface area contributed by atoms with E-state index in [1.54, 1.807) is 11.3 Å². The molecule has 0 radical (unpaired) electrons. The SMILES string of the molecule is CC1CC(NC(=O)CSc2nc3ccccc3s2)CCN1. The number of thiazole rings is 1. The van der Waals surface area contributed by atoms with E-state index in [1.165, 1.54) is 16.5 Å². The third-order valence-electron chi connectivity index (χ3n) is 3.59. The first-order valence-electron chi connectivity index (χ1n) is 7.22. The number of hydrogen-bond acceptors (Lipinski definition) is 5. The lowest BCUT2D eigenvalue weighted by atomic mass is 10.0. The number of para-hydroxylation sites is 1. The fourth-order valence-corrected chi connectivity index (χ4v) is 4.45. The Kier molecular flexibility index (Phi) is 4.77. The number of rotatable bonds is 4. The van der Waals surface area contributed by atoms with E-state index in [-0.39, 0.29) is 5.91 Å². The minimum atomic E-state index is 0.110. The van der Waals surface area contributed by atoms with Gasteiger partial charge in [0, 0.05) is 12.1 Å². The summed E-state index contributed by atoms with van der Waals surface area (Å²) in [5.74, 6) is 0.552. The molecule has 1 aliphatic heterocycles. The van der Waals surface area contributed by atoms with Crippen molar-refractivity contribution in [3.8, 4) is 0 Å². The summed E-state index contributed by atoms with van der Waals surface area (Å²) in [7, 11) is 0. The van der Waals surface area contributed by atoms with E-state index in [0.29, 0.717) is 17.8 Å². The molecule has 1 fully saturated rings. The Hall–Kier alpha value is -1.11. The standard InChI is InChI=1S/C15H19N3OS2/c1-10-8-11(6-7-16-10)17-14(19)9-20-15-18-12-4-2-3-5-13(12)21-15/h2-5,10-11,16H,6-9H2,1H3,(H,17,19). The molecule has 0 saturated carbocycles. The van der Waals surface area contributed by atoms with Crippen LogP contribution in [-0.2, 0) is 4.79 Å². The van der Waals surface area contributed by atoms with Crippen LogP contribution in [-0.4, -0.2) is 35.3 Å². The van der Waals surface area contributed by atoms with Crippen molar-refractivity contribution in [1.82, 2.24) is 15.6 Å². The summed E-state index contributed by atoms with van der Waals surface area (Å²) in [5, 5.41) is 6.52. The lowest BCUT2D eigenvalue weighted by molar-refractivity contribution is -0.119. The van der Waals surface area contributed by atoms with Gasteiger partial charge in [0.2, 0.25) is 5.91 Å². The van der Waals surface area contributed by atoms with Gasteiger partial charge in [0.25, 0.3) is 0 Å². The van der Waals surface area contributed by atoms with Gasteiger partial charge in [-0.25, -0.2) is 4.98 Å². The van der Waals surface area contributed by atoms with Crippen LogP contribution in [0.3, 0.4) is 0 Å². The molecule has 2 unspecified atom stereocenters. The lowest BCUT2D eigenvalue weighted by Gasteiger charge is -2.28. The Balaban J connectivity index is 1.51. The fraction of sp³-hybridized carbons (Fsp3) is 0.467. The van der Waals surface area contributed by atoms with Crippen molar-refractivity contribution < 1.29 is 4.79 Å². The van der Waals surface area contributed by atoms with Crippen molar-refractivity contribution in [2.75, 3.05) is 12.3 Å². The molecule has 6 heteroatoms. The summed E-state index contributed by atoms with van der Waals surface area (Å²) >= 11 is 3.17. The number of carbonyl (C=O) groups excluding carboxylic acids is 1. The molecule has 1 aliphatic rings. The molecule has 1 amide bonds. The molecular weight excluding hydrogens is 302 g/mol. The van der Waals surface area contributed by atoms with Crippen LogP contribution in [0.2, 0.25) is 0 Å². The van der Waals surface area contributed by atoms with Crippen molar-refractivity contribution in [2.24, 2.45) is 0 Å². The van der Waals surface area contributed by atoms with Gasteiger partial charge in [-0.05, 0) is 38.4 Å². The molecular formula is C15H19N3OS2. The van der Waals surface area contributed by atoms with Gasteiger partial charge in [0.1, 0.15) is 0 Å². The number of fused-ring (bicyclic) bond motifs is 1. The van der Waals surface area contributed by atoms with Crippen LogP contribution < -0.4 is 10.6 Å². The average molecular weight is 321 g/mol. The van der Waals surface area contributed by atoms with Crippen LogP contribution in [0.15, 0.2) is 28.6 Å². The van der Waals surface area contributed by atoms with Crippen LogP contribution in [0.25, 0.3) is 10.2 Å². The molecule has 2 N–H and O–H groups in total. The number of nitrogens with zero attached hydrogens (tertiary/aromatic N) is 1. The Labute approximate surface area is 132 Å². The molecule has 1 aromatic heterocycles. The van der Waals surface area contributed by atoms with Crippen LogP contribution in [0.1, 0.15) is 19.8 Å². The molecule has 4 nitrogen and oxygen atoms in total. The molecule has 1 saturated heterocycles. The second kappa shape index (κ2) is 6.77. The summed E-state index contributed by atoms with van der Waals surface area (Å²) in [6, 6.07) is 8.87. The highest BCUT2D eigenvalue weighted by Gasteiger charge is 2.20. The third kappa shape index (κ3) is 3.96. The normalized spacial score (nSPS) is 22.3. The second-order valence-electron chi connectivity index (χ2n) is 5.38. The van der Waals surface area contributed by atoms with E-state index in [9.17, 15) is 4.79 Å². The number of thioether (sulfide) groups is 1. The second-order valence-corrected chi connectivity index (χ2v) is 7.63. The Morgan fingerprint density at radius 2 is 2.38 bits per heavy atom. The van der Waals surface area contributed by atoms with Crippen molar-refractivity contribution in [3.63, 3.8) is 0 Å². The molecule has 2 aromatic rings. The Morgan fingerprint density at radius 1 is 1.52 bits per heavy atom. The molecule has 2 heterocycles. The average Bonchev–Trinajstić information content (AvgIpc) is 2.88. The van der Waals surface area contributed by atoms with Crippen molar-refractivity contribution in [2.45, 2.75) is 36.2 Å². The van der Waals surface area contributed by atoms with Crippen LogP contribution in [0, 0.1) is 0 Å². The van der Waals surface area contributed by atoms with Crippen molar-refractivity contribution >= 4 is 39.2 Å². The van der Waals surface area contributed by atoms with Gasteiger partial charge in [0.05, 0.1) is 16.0 Å². The zero-order chi connectivity index (χ0) is 14.7. The largest absolute Gasteiger partial charge is 0.353 e. The van der Waals surface area contributed by atoms with Crippen molar-refractivity contribution in [1.29, 1.82) is 0 Å². The summed E-state index contributed by atoms with van der Waals surface area (Å²) in [6.45, 7) is 3.14. The first kappa shape index (κ1) is 14.8. The minimum Gasteiger partial charge on any atom is -0.353 e. The quantitative estimate of drug-likeness (QED) is 0.850. The highest BCUT2D eigenvalue weighted by molar-refractivity contribution is 8.01. The lowest BCUT2D eigenvalue weighted by Crippen LogP contribution is -2.47. The predicted molar refractivity (Wildman–Crippen MR) is 89.0 cm³/mol. The van der Waals surface area contributed by atoms with Crippen molar-refractivity contribution in [3.05, 3.63) is 24.3 Å². The summed E-state index contributed by atoms with van der Waals surface area (Å²) < 4.78 is 2.14. The smallest absolute Gasteiger partial charge is 0.230 e. The number of carbonyl (C=O) groups is 1. The molecule has 21 heavy (non-hydrogen) atoms. The van der Waals surface area contributed by atoms with E-state index >= 15 is 0 Å². The Bertz CT molecular complexity index is 595. The van der Waals surface area contributed by atoms with E-state index in [4.69, 9.17) is 0 Å². The monoisotopic (exact) mass is 321 g/mol.